The van der Waals surface area contributed by atoms with E-state index in [1.165, 1.54) is 12.8 Å². The van der Waals surface area contributed by atoms with Crippen molar-refractivity contribution in [2.45, 2.75) is 45.1 Å². The summed E-state index contributed by atoms with van der Waals surface area (Å²) in [7, 11) is 0. The molecule has 0 bridgehead atoms. The third-order valence-electron chi connectivity index (χ3n) is 3.85. The van der Waals surface area contributed by atoms with Gasteiger partial charge in [0.2, 0.25) is 0 Å². The molecule has 114 valence electrons. The van der Waals surface area contributed by atoms with Crippen LogP contribution in [-0.4, -0.2) is 34.6 Å². The zero-order valence-corrected chi connectivity index (χ0v) is 12.3. The van der Waals surface area contributed by atoms with E-state index in [-0.39, 0.29) is 18.5 Å². The maximum Gasteiger partial charge on any atom is 0.322 e. The first-order valence-electron chi connectivity index (χ1n) is 7.44. The number of likely N-dealkylation sites (tertiary alicyclic amines) is 1. The van der Waals surface area contributed by atoms with Crippen LogP contribution in [0.5, 0.6) is 0 Å². The summed E-state index contributed by atoms with van der Waals surface area (Å²) in [6.07, 6.45) is 4.37. The van der Waals surface area contributed by atoms with E-state index in [0.29, 0.717) is 11.3 Å². The van der Waals surface area contributed by atoms with Crippen molar-refractivity contribution in [3.63, 3.8) is 0 Å². The fraction of sp³-hybridized carbons (Fsp3) is 0.500. The molecule has 0 aromatic heterocycles. The molecule has 1 heterocycles. The number of hydrogen-bond acceptors (Lipinski definition) is 2. The number of urea groups is 1. The van der Waals surface area contributed by atoms with Crippen LogP contribution in [0, 0.1) is 0 Å². The highest BCUT2D eigenvalue weighted by molar-refractivity contribution is 5.89. The highest BCUT2D eigenvalue weighted by Gasteiger charge is 2.21. The van der Waals surface area contributed by atoms with Crippen LogP contribution in [-0.2, 0) is 11.2 Å². The molecule has 0 saturated carbocycles. The molecule has 1 atom stereocenters. The van der Waals surface area contributed by atoms with Gasteiger partial charge in [-0.1, -0.05) is 25.0 Å². The summed E-state index contributed by atoms with van der Waals surface area (Å²) in [5, 5.41) is 11.7. The largest absolute Gasteiger partial charge is 0.481 e. The Kier molecular flexibility index (Phi) is 5.20. The molecule has 5 nitrogen and oxygen atoms in total. The lowest BCUT2D eigenvalue weighted by Gasteiger charge is -2.27. The van der Waals surface area contributed by atoms with Crippen LogP contribution in [0.1, 0.15) is 38.2 Å². The molecule has 2 amide bonds. The summed E-state index contributed by atoms with van der Waals surface area (Å²) < 4.78 is 0. The van der Waals surface area contributed by atoms with E-state index in [2.05, 4.69) is 12.2 Å². The van der Waals surface area contributed by atoms with Crippen LogP contribution in [0.25, 0.3) is 0 Å². The van der Waals surface area contributed by atoms with E-state index in [1.807, 2.05) is 4.90 Å². The van der Waals surface area contributed by atoms with Crippen molar-refractivity contribution in [3.05, 3.63) is 29.8 Å². The van der Waals surface area contributed by atoms with Gasteiger partial charge in [-0.3, -0.25) is 4.79 Å². The number of hydrogen-bond donors (Lipinski definition) is 2. The lowest BCUT2D eigenvalue weighted by Crippen LogP contribution is -2.41. The Morgan fingerprint density at radius 2 is 2.14 bits per heavy atom. The Bertz CT molecular complexity index is 516. The molecule has 5 heteroatoms. The first-order valence-corrected chi connectivity index (χ1v) is 7.44. The van der Waals surface area contributed by atoms with Gasteiger partial charge in [0.25, 0.3) is 0 Å². The normalized spacial score (nSPS) is 18.9. The predicted molar refractivity (Wildman–Crippen MR) is 81.4 cm³/mol. The number of aliphatic carboxylic acids is 1. The molecular weight excluding hydrogens is 268 g/mol. The quantitative estimate of drug-likeness (QED) is 0.898. The summed E-state index contributed by atoms with van der Waals surface area (Å²) in [5.74, 6) is -0.875. The van der Waals surface area contributed by atoms with E-state index in [4.69, 9.17) is 5.11 Å². The number of amides is 2. The Morgan fingerprint density at radius 1 is 1.33 bits per heavy atom. The minimum absolute atomic E-state index is 0.0379. The number of carboxylic acids is 1. The zero-order chi connectivity index (χ0) is 15.2. The van der Waals surface area contributed by atoms with Crippen LogP contribution in [0.2, 0.25) is 0 Å². The van der Waals surface area contributed by atoms with Gasteiger partial charge in [0.1, 0.15) is 0 Å². The number of benzene rings is 1. The van der Waals surface area contributed by atoms with Gasteiger partial charge in [-0.2, -0.15) is 0 Å². The van der Waals surface area contributed by atoms with Gasteiger partial charge in [-0.15, -0.1) is 0 Å². The van der Waals surface area contributed by atoms with E-state index in [1.54, 1.807) is 24.3 Å². The monoisotopic (exact) mass is 290 g/mol. The molecule has 1 aliphatic rings. The SMILES string of the molecule is CC1CCCCCN1C(=O)Nc1cccc(CC(=O)O)c1. The summed E-state index contributed by atoms with van der Waals surface area (Å²) >= 11 is 0. The molecular formula is C16H22N2O3. The van der Waals surface area contributed by atoms with Gasteiger partial charge in [-0.05, 0) is 37.5 Å². The van der Waals surface area contributed by atoms with Crippen LogP contribution in [0.4, 0.5) is 10.5 Å². The summed E-state index contributed by atoms with van der Waals surface area (Å²) in [6.45, 7) is 2.85. The number of carboxylic acid groups (broad SMARTS) is 1. The Labute approximate surface area is 125 Å². The number of anilines is 1. The number of nitrogens with one attached hydrogen (secondary N) is 1. The predicted octanol–water partition coefficient (Wildman–Crippen LogP) is 3.11. The van der Waals surface area contributed by atoms with Crippen molar-refractivity contribution in [1.29, 1.82) is 0 Å². The smallest absolute Gasteiger partial charge is 0.322 e. The minimum Gasteiger partial charge on any atom is -0.481 e. The number of rotatable bonds is 3. The van der Waals surface area contributed by atoms with Crippen LogP contribution in [0.3, 0.4) is 0 Å². The maximum absolute atomic E-state index is 12.4. The fourth-order valence-electron chi connectivity index (χ4n) is 2.71. The van der Waals surface area contributed by atoms with Crippen molar-refractivity contribution in [2.75, 3.05) is 11.9 Å². The van der Waals surface area contributed by atoms with Gasteiger partial charge >= 0.3 is 12.0 Å². The third-order valence-corrected chi connectivity index (χ3v) is 3.85. The van der Waals surface area contributed by atoms with E-state index in [0.717, 1.165) is 19.4 Å². The van der Waals surface area contributed by atoms with Crippen LogP contribution < -0.4 is 5.32 Å². The second-order valence-electron chi connectivity index (χ2n) is 5.59. The average Bonchev–Trinajstić information content (AvgIpc) is 2.63. The maximum atomic E-state index is 12.4. The molecule has 1 saturated heterocycles. The molecule has 21 heavy (non-hydrogen) atoms. The molecule has 0 radical (unpaired) electrons. The number of nitrogens with zero attached hydrogens (tertiary/aromatic N) is 1. The highest BCUT2D eigenvalue weighted by Crippen LogP contribution is 2.18. The van der Waals surface area contributed by atoms with Crippen molar-refractivity contribution in [2.24, 2.45) is 0 Å². The molecule has 2 N–H and O–H groups in total. The second kappa shape index (κ2) is 7.11. The Balaban J connectivity index is 2.02. The van der Waals surface area contributed by atoms with Crippen molar-refractivity contribution >= 4 is 17.7 Å². The molecule has 0 aliphatic carbocycles. The zero-order valence-electron chi connectivity index (χ0n) is 12.3. The van der Waals surface area contributed by atoms with Crippen molar-refractivity contribution in [1.82, 2.24) is 4.90 Å². The molecule has 2 rings (SSSR count). The van der Waals surface area contributed by atoms with Gasteiger partial charge < -0.3 is 15.3 Å². The minimum atomic E-state index is -0.875. The van der Waals surface area contributed by atoms with E-state index >= 15 is 0 Å². The first kappa shape index (κ1) is 15.4. The summed E-state index contributed by atoms with van der Waals surface area (Å²) in [5.41, 5.74) is 1.33. The summed E-state index contributed by atoms with van der Waals surface area (Å²) in [4.78, 5) is 25.0. The lowest BCUT2D eigenvalue weighted by molar-refractivity contribution is -0.136. The summed E-state index contributed by atoms with van der Waals surface area (Å²) in [6, 6.07) is 7.16. The third kappa shape index (κ3) is 4.48. The van der Waals surface area contributed by atoms with Gasteiger partial charge in [0.15, 0.2) is 0 Å². The Morgan fingerprint density at radius 3 is 2.90 bits per heavy atom. The number of carbonyl (C=O) groups excluding carboxylic acids is 1. The van der Waals surface area contributed by atoms with Gasteiger partial charge in [0.05, 0.1) is 6.42 Å². The lowest BCUT2D eigenvalue weighted by atomic mass is 10.1. The van der Waals surface area contributed by atoms with Crippen LogP contribution in [0.15, 0.2) is 24.3 Å². The molecule has 1 unspecified atom stereocenters. The fourth-order valence-corrected chi connectivity index (χ4v) is 2.71. The Hall–Kier alpha value is -2.04. The van der Waals surface area contributed by atoms with Crippen molar-refractivity contribution in [3.8, 4) is 0 Å². The van der Waals surface area contributed by atoms with E-state index < -0.39 is 5.97 Å². The van der Waals surface area contributed by atoms with Crippen LogP contribution >= 0.6 is 0 Å². The molecule has 1 aromatic rings. The van der Waals surface area contributed by atoms with E-state index in [9.17, 15) is 9.59 Å². The molecule has 1 aromatic carbocycles. The average molecular weight is 290 g/mol. The van der Waals surface area contributed by atoms with Crippen molar-refractivity contribution < 1.29 is 14.7 Å². The van der Waals surface area contributed by atoms with Gasteiger partial charge in [-0.25, -0.2) is 4.79 Å². The molecule has 1 fully saturated rings. The molecule has 0 spiro atoms. The second-order valence-corrected chi connectivity index (χ2v) is 5.59. The van der Waals surface area contributed by atoms with Gasteiger partial charge in [0, 0.05) is 18.3 Å². The topological polar surface area (TPSA) is 69.6 Å². The first-order chi connectivity index (χ1) is 10.1. The number of carbonyl (C=O) groups is 2. The molecule has 1 aliphatic heterocycles. The highest BCUT2D eigenvalue weighted by atomic mass is 16.4. The standard InChI is InChI=1S/C16H22N2O3/c1-12-6-3-2-4-9-18(12)16(21)17-14-8-5-7-13(10-14)11-15(19)20/h5,7-8,10,12H,2-4,6,9,11H2,1H3,(H,17,21)(H,19,20).